The van der Waals surface area contributed by atoms with Crippen molar-refractivity contribution in [3.05, 3.63) is 29.8 Å². The number of hydrogen-bond donors (Lipinski definition) is 2. The first kappa shape index (κ1) is 16.4. The Labute approximate surface area is 126 Å². The average Bonchev–Trinajstić information content (AvgIpc) is 2.45. The van der Waals surface area contributed by atoms with Gasteiger partial charge in [-0.25, -0.2) is 8.42 Å². The highest BCUT2D eigenvalue weighted by molar-refractivity contribution is 7.89. The Kier molecular flexibility index (Phi) is 4.72. The molecule has 5 nitrogen and oxygen atoms in total. The maximum Gasteiger partial charge on any atom is 0.243 e. The predicted octanol–water partition coefficient (Wildman–Crippen LogP) is 1.67. The monoisotopic (exact) mass is 313 g/mol. The van der Waals surface area contributed by atoms with E-state index in [4.69, 9.17) is 0 Å². The highest BCUT2D eigenvalue weighted by Gasteiger charge is 2.35. The predicted molar refractivity (Wildman–Crippen MR) is 80.3 cm³/mol. The summed E-state index contributed by atoms with van der Waals surface area (Å²) < 4.78 is 26.7. The smallest absolute Gasteiger partial charge is 0.243 e. The summed E-state index contributed by atoms with van der Waals surface area (Å²) in [4.78, 5) is 0.171. The molecule has 0 amide bonds. The minimum absolute atomic E-state index is 0.107. The summed E-state index contributed by atoms with van der Waals surface area (Å²) in [7, 11) is -3.64. The molecule has 1 aliphatic rings. The van der Waals surface area contributed by atoms with Crippen LogP contribution in [0.3, 0.4) is 0 Å². The number of aliphatic hydroxyl groups excluding tert-OH is 1. The first-order chi connectivity index (χ1) is 9.76. The van der Waals surface area contributed by atoms with Gasteiger partial charge in [0, 0.05) is 13.1 Å². The fourth-order valence-corrected chi connectivity index (χ4v) is 4.30. The van der Waals surface area contributed by atoms with Crippen LogP contribution in [0.15, 0.2) is 29.2 Å². The van der Waals surface area contributed by atoms with E-state index in [0.29, 0.717) is 31.4 Å². The van der Waals surface area contributed by atoms with Crippen LogP contribution in [0.5, 0.6) is 0 Å². The molecule has 2 N–H and O–H groups in total. The second-order valence-corrected chi connectivity index (χ2v) is 7.87. The van der Waals surface area contributed by atoms with Crippen molar-refractivity contribution in [2.24, 2.45) is 0 Å². The van der Waals surface area contributed by atoms with Gasteiger partial charge in [0.05, 0.1) is 16.6 Å². The minimum atomic E-state index is -3.64. The van der Waals surface area contributed by atoms with Gasteiger partial charge >= 0.3 is 0 Å². The molecule has 0 radical (unpaired) electrons. The Morgan fingerprint density at radius 2 is 2.14 bits per heavy atom. The minimum Gasteiger partial charge on any atom is -0.389 e. The molecule has 1 fully saturated rings. The van der Waals surface area contributed by atoms with Crippen LogP contribution in [0.4, 0.5) is 0 Å². The number of benzene rings is 1. The first-order valence-electron chi connectivity index (χ1n) is 7.27. The summed E-state index contributed by atoms with van der Waals surface area (Å²) in [6, 6.07) is 6.42. The van der Waals surface area contributed by atoms with Crippen molar-refractivity contribution in [2.75, 3.05) is 13.1 Å². The van der Waals surface area contributed by atoms with Crippen LogP contribution in [0.2, 0.25) is 0 Å². The molecule has 0 bridgehead atoms. The Morgan fingerprint density at radius 3 is 2.76 bits per heavy atom. The Morgan fingerprint density at radius 1 is 1.43 bits per heavy atom. The van der Waals surface area contributed by atoms with Crippen LogP contribution in [-0.4, -0.2) is 41.6 Å². The Bertz CT molecular complexity index is 597. The van der Waals surface area contributed by atoms with Crippen molar-refractivity contribution >= 4 is 10.0 Å². The molecule has 0 aliphatic carbocycles. The molecule has 1 aromatic rings. The van der Waals surface area contributed by atoms with Crippen LogP contribution in [0.1, 0.15) is 44.8 Å². The summed E-state index contributed by atoms with van der Waals surface area (Å²) in [6.45, 7) is 4.02. The van der Waals surface area contributed by atoms with Crippen molar-refractivity contribution in [1.82, 2.24) is 4.31 Å². The molecule has 1 aliphatic heterocycles. The number of rotatable bonds is 4. The molecular weight excluding hydrogens is 290 g/mol. The highest BCUT2D eigenvalue weighted by atomic mass is 32.2. The molecule has 2 unspecified atom stereocenters. The van der Waals surface area contributed by atoms with Crippen LogP contribution in [-0.2, 0) is 10.0 Å². The molecule has 0 spiro atoms. The number of nitrogens with zero attached hydrogens (tertiary/aromatic N) is 1. The number of sulfonamides is 1. The standard InChI is InChI=1S/C15H23NO4S/c1-3-14(17)12-6-4-7-13(10-12)21(19,20)16-9-5-8-15(2,18)11-16/h4,6-7,10,14,17-18H,3,5,8-9,11H2,1-2H3. The average molecular weight is 313 g/mol. The van der Waals surface area contributed by atoms with E-state index in [2.05, 4.69) is 0 Å². The van der Waals surface area contributed by atoms with Gasteiger partial charge in [0.1, 0.15) is 0 Å². The Hall–Kier alpha value is -0.950. The summed E-state index contributed by atoms with van der Waals surface area (Å²) in [5, 5.41) is 20.0. The molecule has 0 saturated carbocycles. The van der Waals surface area contributed by atoms with E-state index in [1.54, 1.807) is 19.1 Å². The molecule has 1 aromatic carbocycles. The summed E-state index contributed by atoms with van der Waals surface area (Å²) in [5.41, 5.74) is -0.381. The number of hydrogen-bond acceptors (Lipinski definition) is 4. The zero-order valence-corrected chi connectivity index (χ0v) is 13.3. The molecule has 1 heterocycles. The number of β-amino-alcohol motifs (C(OH)–C–C–N with tert-alkyl or cyclic N) is 1. The second kappa shape index (κ2) is 6.04. The second-order valence-electron chi connectivity index (χ2n) is 5.94. The topological polar surface area (TPSA) is 77.8 Å². The third-order valence-electron chi connectivity index (χ3n) is 3.91. The largest absolute Gasteiger partial charge is 0.389 e. The zero-order chi connectivity index (χ0) is 15.7. The van der Waals surface area contributed by atoms with Crippen LogP contribution in [0, 0.1) is 0 Å². The lowest BCUT2D eigenvalue weighted by atomic mass is 9.97. The van der Waals surface area contributed by atoms with Gasteiger partial charge in [-0.15, -0.1) is 0 Å². The van der Waals surface area contributed by atoms with Crippen molar-refractivity contribution < 1.29 is 18.6 Å². The van der Waals surface area contributed by atoms with Crippen molar-refractivity contribution in [3.8, 4) is 0 Å². The van der Waals surface area contributed by atoms with Gasteiger partial charge in [-0.1, -0.05) is 19.1 Å². The maximum atomic E-state index is 12.7. The number of piperidine rings is 1. The first-order valence-corrected chi connectivity index (χ1v) is 8.71. The van der Waals surface area contributed by atoms with Crippen molar-refractivity contribution in [1.29, 1.82) is 0 Å². The van der Waals surface area contributed by atoms with E-state index in [9.17, 15) is 18.6 Å². The van der Waals surface area contributed by atoms with Crippen molar-refractivity contribution in [3.63, 3.8) is 0 Å². The summed E-state index contributed by atoms with van der Waals surface area (Å²) in [6.07, 6.45) is 1.11. The van der Waals surface area contributed by atoms with E-state index in [0.717, 1.165) is 0 Å². The lowest BCUT2D eigenvalue weighted by Crippen LogP contribution is -2.48. The molecule has 1 saturated heterocycles. The molecule has 0 aromatic heterocycles. The van der Waals surface area contributed by atoms with E-state index in [-0.39, 0.29) is 11.4 Å². The van der Waals surface area contributed by atoms with Crippen molar-refractivity contribution in [2.45, 2.75) is 49.7 Å². The lowest BCUT2D eigenvalue weighted by Gasteiger charge is -2.36. The highest BCUT2D eigenvalue weighted by Crippen LogP contribution is 2.27. The molecule has 21 heavy (non-hydrogen) atoms. The summed E-state index contributed by atoms with van der Waals surface area (Å²) >= 11 is 0. The third kappa shape index (κ3) is 3.63. The van der Waals surface area contributed by atoms with Gasteiger partial charge in [0.2, 0.25) is 10.0 Å². The van der Waals surface area contributed by atoms with E-state index in [1.807, 2.05) is 6.92 Å². The summed E-state index contributed by atoms with van der Waals surface area (Å²) in [5.74, 6) is 0. The van der Waals surface area contributed by atoms with Crippen LogP contribution >= 0.6 is 0 Å². The molecule has 2 atom stereocenters. The van der Waals surface area contributed by atoms with Gasteiger partial charge in [0.15, 0.2) is 0 Å². The van der Waals surface area contributed by atoms with E-state index >= 15 is 0 Å². The lowest BCUT2D eigenvalue weighted by molar-refractivity contribution is 0.00939. The maximum absolute atomic E-state index is 12.7. The van der Waals surface area contributed by atoms with Gasteiger partial charge in [0.25, 0.3) is 0 Å². The fourth-order valence-electron chi connectivity index (χ4n) is 2.65. The number of aliphatic hydroxyl groups is 2. The van der Waals surface area contributed by atoms with Gasteiger partial charge in [-0.05, 0) is 43.9 Å². The third-order valence-corrected chi connectivity index (χ3v) is 5.75. The molecule has 118 valence electrons. The van der Waals surface area contributed by atoms with E-state index < -0.39 is 21.7 Å². The van der Waals surface area contributed by atoms with E-state index in [1.165, 1.54) is 16.4 Å². The van der Waals surface area contributed by atoms with Crippen LogP contribution in [0.25, 0.3) is 0 Å². The molecule has 6 heteroatoms. The van der Waals surface area contributed by atoms with Gasteiger partial charge in [-0.3, -0.25) is 0 Å². The molecule has 2 rings (SSSR count). The molecular formula is C15H23NO4S. The zero-order valence-electron chi connectivity index (χ0n) is 12.5. The van der Waals surface area contributed by atoms with Crippen LogP contribution < -0.4 is 0 Å². The quantitative estimate of drug-likeness (QED) is 0.886. The SMILES string of the molecule is CCC(O)c1cccc(S(=O)(=O)N2CCCC(C)(O)C2)c1. The fraction of sp³-hybridized carbons (Fsp3) is 0.600. The Balaban J connectivity index is 2.31. The van der Waals surface area contributed by atoms with Gasteiger partial charge in [-0.2, -0.15) is 4.31 Å². The normalized spacial score (nSPS) is 25.7. The van der Waals surface area contributed by atoms with Gasteiger partial charge < -0.3 is 10.2 Å².